The van der Waals surface area contributed by atoms with Gasteiger partial charge in [-0.1, -0.05) is 18.9 Å². The van der Waals surface area contributed by atoms with Gasteiger partial charge in [-0.3, -0.25) is 0 Å². The molecule has 1 heterocycles. The lowest BCUT2D eigenvalue weighted by Gasteiger charge is -2.10. The Hall–Kier alpha value is -0.670. The summed E-state index contributed by atoms with van der Waals surface area (Å²) >= 11 is 0. The highest BCUT2D eigenvalue weighted by molar-refractivity contribution is 5.85. The van der Waals surface area contributed by atoms with Crippen LogP contribution in [-0.4, -0.2) is 4.98 Å². The summed E-state index contributed by atoms with van der Waals surface area (Å²) in [6.07, 6.45) is 4.83. The first-order chi connectivity index (χ1) is 6.27. The van der Waals surface area contributed by atoms with Gasteiger partial charge in [0.2, 0.25) is 5.95 Å². The van der Waals surface area contributed by atoms with Gasteiger partial charge in [-0.25, -0.2) is 4.98 Å². The molecule has 2 N–H and O–H groups in total. The summed E-state index contributed by atoms with van der Waals surface area (Å²) in [6, 6.07) is 3.27. The standard InChI is InChI=1S/C10H13FN2.ClH/c11-10-8(2-1-5-13-10)9(12)6-7-3-4-7;/h1-2,5,7,9H,3-4,6,12H2;1H/t9-;/m0./s1. The summed E-state index contributed by atoms with van der Waals surface area (Å²) in [6.45, 7) is 0. The number of hydrogen-bond donors (Lipinski definition) is 1. The van der Waals surface area contributed by atoms with Crippen molar-refractivity contribution < 1.29 is 4.39 Å². The summed E-state index contributed by atoms with van der Waals surface area (Å²) in [5.74, 6) is 0.297. The molecule has 0 aromatic carbocycles. The van der Waals surface area contributed by atoms with E-state index in [1.807, 2.05) is 0 Å². The fraction of sp³-hybridized carbons (Fsp3) is 0.500. The van der Waals surface area contributed by atoms with Crippen LogP contribution in [-0.2, 0) is 0 Å². The minimum absolute atomic E-state index is 0. The number of halogens is 2. The average Bonchev–Trinajstić information content (AvgIpc) is 2.89. The zero-order chi connectivity index (χ0) is 9.26. The molecule has 4 heteroatoms. The molecule has 1 aromatic rings. The van der Waals surface area contributed by atoms with E-state index in [9.17, 15) is 4.39 Å². The lowest BCUT2D eigenvalue weighted by atomic mass is 10.0. The van der Waals surface area contributed by atoms with E-state index in [1.54, 1.807) is 12.1 Å². The van der Waals surface area contributed by atoms with E-state index in [0.29, 0.717) is 5.56 Å². The predicted octanol–water partition coefficient (Wildman–Crippen LogP) is 2.44. The van der Waals surface area contributed by atoms with Crippen LogP contribution in [0.25, 0.3) is 0 Å². The Morgan fingerprint density at radius 1 is 1.57 bits per heavy atom. The van der Waals surface area contributed by atoms with E-state index in [4.69, 9.17) is 5.73 Å². The molecular formula is C10H14ClFN2. The van der Waals surface area contributed by atoms with Crippen molar-refractivity contribution in [2.45, 2.75) is 25.3 Å². The molecule has 2 rings (SSSR count). The number of hydrogen-bond acceptors (Lipinski definition) is 2. The summed E-state index contributed by atoms with van der Waals surface area (Å²) in [7, 11) is 0. The topological polar surface area (TPSA) is 38.9 Å². The summed E-state index contributed by atoms with van der Waals surface area (Å²) in [5, 5.41) is 0. The Kier molecular flexibility index (Phi) is 3.84. The summed E-state index contributed by atoms with van der Waals surface area (Å²) < 4.78 is 13.1. The lowest BCUT2D eigenvalue weighted by molar-refractivity contribution is 0.518. The first kappa shape index (κ1) is 11.4. The van der Waals surface area contributed by atoms with Gasteiger partial charge in [-0.15, -0.1) is 12.4 Å². The molecule has 0 spiro atoms. The Morgan fingerprint density at radius 3 is 2.86 bits per heavy atom. The molecule has 1 fully saturated rings. The number of nitrogens with two attached hydrogens (primary N) is 1. The second-order valence-electron chi connectivity index (χ2n) is 3.67. The van der Waals surface area contributed by atoms with E-state index >= 15 is 0 Å². The Balaban J connectivity index is 0.000000980. The molecular weight excluding hydrogens is 203 g/mol. The fourth-order valence-corrected chi connectivity index (χ4v) is 1.51. The van der Waals surface area contributed by atoms with E-state index < -0.39 is 5.95 Å². The first-order valence-electron chi connectivity index (χ1n) is 4.63. The van der Waals surface area contributed by atoms with Crippen molar-refractivity contribution in [2.24, 2.45) is 11.7 Å². The van der Waals surface area contributed by atoms with E-state index in [0.717, 1.165) is 12.3 Å². The molecule has 1 atom stereocenters. The molecule has 78 valence electrons. The molecule has 1 aliphatic rings. The Bertz CT molecular complexity index is 302. The second-order valence-corrected chi connectivity index (χ2v) is 3.67. The number of pyridine rings is 1. The van der Waals surface area contributed by atoms with Crippen LogP contribution in [0.4, 0.5) is 4.39 Å². The smallest absolute Gasteiger partial charge is 0.217 e. The predicted molar refractivity (Wildman–Crippen MR) is 55.7 cm³/mol. The van der Waals surface area contributed by atoms with Crippen molar-refractivity contribution in [1.29, 1.82) is 0 Å². The maximum absolute atomic E-state index is 13.1. The second kappa shape index (κ2) is 4.71. The van der Waals surface area contributed by atoms with Crippen LogP contribution >= 0.6 is 12.4 Å². The van der Waals surface area contributed by atoms with Crippen LogP contribution in [0.15, 0.2) is 18.3 Å². The highest BCUT2D eigenvalue weighted by atomic mass is 35.5. The van der Waals surface area contributed by atoms with Crippen molar-refractivity contribution in [3.8, 4) is 0 Å². The molecule has 1 aromatic heterocycles. The van der Waals surface area contributed by atoms with Crippen molar-refractivity contribution in [3.05, 3.63) is 29.8 Å². The maximum Gasteiger partial charge on any atom is 0.217 e. The maximum atomic E-state index is 13.1. The van der Waals surface area contributed by atoms with Gasteiger partial charge in [-0.05, 0) is 18.4 Å². The minimum atomic E-state index is -0.421. The van der Waals surface area contributed by atoms with Crippen LogP contribution in [0.3, 0.4) is 0 Å². The van der Waals surface area contributed by atoms with Crippen LogP contribution in [0.1, 0.15) is 30.9 Å². The number of aromatic nitrogens is 1. The molecule has 0 bridgehead atoms. The van der Waals surface area contributed by atoms with Crippen LogP contribution < -0.4 is 5.73 Å². The van der Waals surface area contributed by atoms with Gasteiger partial charge in [0.05, 0.1) is 0 Å². The van der Waals surface area contributed by atoms with Crippen LogP contribution in [0, 0.1) is 11.9 Å². The minimum Gasteiger partial charge on any atom is -0.324 e. The zero-order valence-electron chi connectivity index (χ0n) is 7.82. The molecule has 14 heavy (non-hydrogen) atoms. The molecule has 1 saturated carbocycles. The molecule has 1 aliphatic carbocycles. The Morgan fingerprint density at radius 2 is 2.29 bits per heavy atom. The van der Waals surface area contributed by atoms with Crippen molar-refractivity contribution in [3.63, 3.8) is 0 Å². The van der Waals surface area contributed by atoms with Gasteiger partial charge in [0.15, 0.2) is 0 Å². The molecule has 0 amide bonds. The monoisotopic (exact) mass is 216 g/mol. The first-order valence-corrected chi connectivity index (χ1v) is 4.63. The summed E-state index contributed by atoms with van der Waals surface area (Å²) in [5.41, 5.74) is 6.41. The summed E-state index contributed by atoms with van der Waals surface area (Å²) in [4.78, 5) is 3.58. The van der Waals surface area contributed by atoms with Crippen LogP contribution in [0.5, 0.6) is 0 Å². The lowest BCUT2D eigenvalue weighted by Crippen LogP contribution is -2.13. The molecule has 0 aliphatic heterocycles. The van der Waals surface area contributed by atoms with Gasteiger partial charge in [-0.2, -0.15) is 4.39 Å². The highest BCUT2D eigenvalue weighted by Gasteiger charge is 2.25. The molecule has 0 unspecified atom stereocenters. The van der Waals surface area contributed by atoms with Crippen molar-refractivity contribution in [1.82, 2.24) is 4.98 Å². The van der Waals surface area contributed by atoms with Gasteiger partial charge < -0.3 is 5.73 Å². The highest BCUT2D eigenvalue weighted by Crippen LogP contribution is 2.36. The molecule has 2 nitrogen and oxygen atoms in total. The SMILES string of the molecule is Cl.N[C@@H](CC1CC1)c1cccnc1F. The van der Waals surface area contributed by atoms with Gasteiger partial charge in [0.25, 0.3) is 0 Å². The Labute approximate surface area is 89.1 Å². The van der Waals surface area contributed by atoms with Crippen molar-refractivity contribution >= 4 is 12.4 Å². The number of nitrogens with zero attached hydrogens (tertiary/aromatic N) is 1. The average molecular weight is 217 g/mol. The molecule has 0 radical (unpaired) electrons. The van der Waals surface area contributed by atoms with Crippen LogP contribution in [0.2, 0.25) is 0 Å². The molecule has 0 saturated heterocycles. The third-order valence-electron chi connectivity index (χ3n) is 2.47. The number of rotatable bonds is 3. The normalized spacial score (nSPS) is 17.3. The van der Waals surface area contributed by atoms with Gasteiger partial charge in [0, 0.05) is 17.8 Å². The zero-order valence-corrected chi connectivity index (χ0v) is 8.64. The third kappa shape index (κ3) is 2.66. The fourth-order valence-electron chi connectivity index (χ4n) is 1.51. The van der Waals surface area contributed by atoms with E-state index in [-0.39, 0.29) is 18.4 Å². The quantitative estimate of drug-likeness (QED) is 0.789. The van der Waals surface area contributed by atoms with Gasteiger partial charge in [0.1, 0.15) is 0 Å². The van der Waals surface area contributed by atoms with E-state index in [1.165, 1.54) is 19.0 Å². The van der Waals surface area contributed by atoms with E-state index in [2.05, 4.69) is 4.98 Å². The van der Waals surface area contributed by atoms with Crippen molar-refractivity contribution in [2.75, 3.05) is 0 Å². The largest absolute Gasteiger partial charge is 0.324 e. The third-order valence-corrected chi connectivity index (χ3v) is 2.47. The van der Waals surface area contributed by atoms with Gasteiger partial charge >= 0.3 is 0 Å².